The molecule has 0 saturated carbocycles. The minimum atomic E-state index is -4.98. The summed E-state index contributed by atoms with van der Waals surface area (Å²) in [6.45, 7) is 0. The molecular formula is C13H6ClF6NO. The van der Waals surface area contributed by atoms with Crippen LogP contribution in [0.2, 0.25) is 5.02 Å². The number of rotatable bonds is 2. The van der Waals surface area contributed by atoms with Crippen molar-refractivity contribution in [2.45, 2.75) is 12.5 Å². The maximum Gasteiger partial charge on any atom is 0.573 e. The van der Waals surface area contributed by atoms with E-state index < -0.39 is 29.0 Å². The fraction of sp³-hybridized carbons (Fsp3) is 0.154. The Hall–Kier alpha value is -1.96. The smallest absolute Gasteiger partial charge is 0.405 e. The molecule has 0 spiro atoms. The van der Waals surface area contributed by atoms with E-state index in [1.165, 1.54) is 12.1 Å². The molecule has 1 aromatic carbocycles. The van der Waals surface area contributed by atoms with Gasteiger partial charge < -0.3 is 4.74 Å². The summed E-state index contributed by atoms with van der Waals surface area (Å²) in [7, 11) is 0. The first-order valence-corrected chi connectivity index (χ1v) is 6.04. The van der Waals surface area contributed by atoms with Crippen LogP contribution < -0.4 is 4.74 Å². The van der Waals surface area contributed by atoms with Crippen LogP contribution in [0.4, 0.5) is 26.3 Å². The summed E-state index contributed by atoms with van der Waals surface area (Å²) < 4.78 is 79.0. The predicted molar refractivity (Wildman–Crippen MR) is 66.4 cm³/mol. The molecule has 0 bridgehead atoms. The maximum absolute atomic E-state index is 12.8. The zero-order chi connectivity index (χ0) is 16.5. The highest BCUT2D eigenvalue weighted by molar-refractivity contribution is 6.31. The van der Waals surface area contributed by atoms with E-state index >= 15 is 0 Å². The molecule has 0 amide bonds. The van der Waals surface area contributed by atoms with Crippen molar-refractivity contribution >= 4 is 11.6 Å². The third-order valence-electron chi connectivity index (χ3n) is 2.50. The molecule has 0 unspecified atom stereocenters. The molecule has 2 aromatic rings. The van der Waals surface area contributed by atoms with Crippen molar-refractivity contribution in [3.8, 4) is 17.0 Å². The van der Waals surface area contributed by atoms with E-state index in [9.17, 15) is 26.3 Å². The van der Waals surface area contributed by atoms with E-state index in [4.69, 9.17) is 11.6 Å². The summed E-state index contributed by atoms with van der Waals surface area (Å²) in [5.74, 6) is -0.655. The molecule has 0 saturated heterocycles. The van der Waals surface area contributed by atoms with Gasteiger partial charge in [0.1, 0.15) is 5.75 Å². The minimum Gasteiger partial charge on any atom is -0.405 e. The molecular weight excluding hydrogens is 336 g/mol. The van der Waals surface area contributed by atoms with E-state index in [0.717, 1.165) is 24.3 Å². The normalized spacial score (nSPS) is 12.3. The number of hydrogen-bond donors (Lipinski definition) is 0. The second-order valence-corrected chi connectivity index (χ2v) is 4.48. The molecule has 9 heteroatoms. The fourth-order valence-electron chi connectivity index (χ4n) is 1.68. The van der Waals surface area contributed by atoms with Crippen molar-refractivity contribution in [1.29, 1.82) is 0 Å². The molecule has 0 aliphatic heterocycles. The van der Waals surface area contributed by atoms with Crippen molar-refractivity contribution in [3.63, 3.8) is 0 Å². The topological polar surface area (TPSA) is 22.1 Å². The molecule has 22 heavy (non-hydrogen) atoms. The first-order chi connectivity index (χ1) is 10.1. The fourth-order valence-corrected chi connectivity index (χ4v) is 1.90. The van der Waals surface area contributed by atoms with Crippen LogP contribution >= 0.6 is 11.6 Å². The Morgan fingerprint density at radius 1 is 0.909 bits per heavy atom. The predicted octanol–water partition coefficient (Wildman–Crippen LogP) is 5.32. The van der Waals surface area contributed by atoms with Crippen LogP contribution in [0.3, 0.4) is 0 Å². The van der Waals surface area contributed by atoms with Gasteiger partial charge in [-0.2, -0.15) is 13.2 Å². The summed E-state index contributed by atoms with van der Waals surface area (Å²) in [5.41, 5.74) is -1.95. The lowest BCUT2D eigenvalue weighted by molar-refractivity contribution is -0.274. The number of hydrogen-bond acceptors (Lipinski definition) is 2. The molecule has 0 atom stereocenters. The van der Waals surface area contributed by atoms with Crippen LogP contribution in [0.15, 0.2) is 36.4 Å². The molecule has 1 heterocycles. The number of alkyl halides is 6. The number of benzene rings is 1. The van der Waals surface area contributed by atoms with Crippen molar-refractivity contribution < 1.29 is 31.1 Å². The number of ether oxygens (including phenoxy) is 1. The standard InChI is InChI=1S/C13H6ClF6NO/c14-8-5-6-9(21-11(8)12(15,16)17)7-3-1-2-4-10(7)22-13(18,19)20/h1-6H. The maximum atomic E-state index is 12.8. The molecule has 2 nitrogen and oxygen atoms in total. The van der Waals surface area contributed by atoms with E-state index in [0.29, 0.717) is 0 Å². The van der Waals surface area contributed by atoms with Gasteiger partial charge in [-0.3, -0.25) is 0 Å². The van der Waals surface area contributed by atoms with E-state index in [2.05, 4.69) is 9.72 Å². The summed E-state index contributed by atoms with van der Waals surface area (Å²) in [6, 6.07) is 6.74. The second-order valence-electron chi connectivity index (χ2n) is 4.07. The van der Waals surface area contributed by atoms with Gasteiger partial charge in [0.15, 0.2) is 5.69 Å². The van der Waals surface area contributed by atoms with Crippen LogP contribution in [0.5, 0.6) is 5.75 Å². The van der Waals surface area contributed by atoms with Crippen LogP contribution in [0.25, 0.3) is 11.3 Å². The average Bonchev–Trinajstić information content (AvgIpc) is 2.37. The van der Waals surface area contributed by atoms with Gasteiger partial charge in [0.05, 0.1) is 10.7 Å². The van der Waals surface area contributed by atoms with Crippen LogP contribution in [0.1, 0.15) is 5.69 Å². The quantitative estimate of drug-likeness (QED) is 0.690. The molecule has 0 fully saturated rings. The van der Waals surface area contributed by atoms with Gasteiger partial charge in [-0.1, -0.05) is 23.7 Å². The summed E-state index contributed by atoms with van der Waals surface area (Å²) in [5, 5.41) is -0.648. The van der Waals surface area contributed by atoms with Crippen molar-refractivity contribution in [1.82, 2.24) is 4.98 Å². The third kappa shape index (κ3) is 3.82. The Morgan fingerprint density at radius 3 is 2.14 bits per heavy atom. The SMILES string of the molecule is FC(F)(F)Oc1ccccc1-c1ccc(Cl)c(C(F)(F)F)n1. The van der Waals surface area contributed by atoms with Crippen LogP contribution in [0, 0.1) is 0 Å². The average molecular weight is 342 g/mol. The van der Waals surface area contributed by atoms with Gasteiger partial charge in [0, 0.05) is 5.56 Å². The monoisotopic (exact) mass is 341 g/mol. The molecule has 0 radical (unpaired) electrons. The summed E-state index contributed by atoms with van der Waals surface area (Å²) >= 11 is 5.42. The first-order valence-electron chi connectivity index (χ1n) is 5.67. The molecule has 118 valence electrons. The number of nitrogens with zero attached hydrogens (tertiary/aromatic N) is 1. The Bertz CT molecular complexity index is 683. The lowest BCUT2D eigenvalue weighted by Gasteiger charge is -2.14. The van der Waals surface area contributed by atoms with Crippen molar-refractivity contribution in [2.24, 2.45) is 0 Å². The van der Waals surface area contributed by atoms with Gasteiger partial charge in [-0.15, -0.1) is 13.2 Å². The highest BCUT2D eigenvalue weighted by Gasteiger charge is 2.36. The van der Waals surface area contributed by atoms with Gasteiger partial charge in [-0.05, 0) is 24.3 Å². The molecule has 0 aliphatic rings. The largest absolute Gasteiger partial charge is 0.573 e. The van der Waals surface area contributed by atoms with Gasteiger partial charge in [0.2, 0.25) is 0 Å². The Balaban J connectivity index is 2.54. The number of halogens is 7. The Kier molecular flexibility index (Phi) is 4.23. The van der Waals surface area contributed by atoms with E-state index in [1.807, 2.05) is 0 Å². The highest BCUT2D eigenvalue weighted by atomic mass is 35.5. The summed E-state index contributed by atoms with van der Waals surface area (Å²) in [4.78, 5) is 3.30. The first kappa shape index (κ1) is 16.4. The van der Waals surface area contributed by atoms with Crippen molar-refractivity contribution in [3.05, 3.63) is 47.1 Å². The zero-order valence-corrected chi connectivity index (χ0v) is 11.2. The number of para-hydroxylation sites is 1. The lowest BCUT2D eigenvalue weighted by Crippen LogP contribution is -2.17. The molecule has 1 aromatic heterocycles. The minimum absolute atomic E-state index is 0.234. The molecule has 0 aliphatic carbocycles. The Labute approximate surface area is 125 Å². The van der Waals surface area contributed by atoms with Crippen molar-refractivity contribution in [2.75, 3.05) is 0 Å². The lowest BCUT2D eigenvalue weighted by atomic mass is 10.1. The third-order valence-corrected chi connectivity index (χ3v) is 2.81. The van der Waals surface area contributed by atoms with E-state index in [-0.39, 0.29) is 11.3 Å². The summed E-state index contributed by atoms with van der Waals surface area (Å²) in [6.07, 6.45) is -9.80. The van der Waals surface area contributed by atoms with Gasteiger partial charge in [-0.25, -0.2) is 4.98 Å². The molecule has 2 rings (SSSR count). The molecule has 0 N–H and O–H groups in total. The van der Waals surface area contributed by atoms with Gasteiger partial charge >= 0.3 is 12.5 Å². The number of pyridine rings is 1. The van der Waals surface area contributed by atoms with Gasteiger partial charge in [0.25, 0.3) is 0 Å². The Morgan fingerprint density at radius 2 is 1.55 bits per heavy atom. The number of aromatic nitrogens is 1. The zero-order valence-electron chi connectivity index (χ0n) is 10.5. The van der Waals surface area contributed by atoms with E-state index in [1.54, 1.807) is 0 Å². The van der Waals surface area contributed by atoms with Crippen LogP contribution in [-0.4, -0.2) is 11.3 Å². The van der Waals surface area contributed by atoms with Crippen LogP contribution in [-0.2, 0) is 6.18 Å². The second kappa shape index (κ2) is 5.68. The highest BCUT2D eigenvalue weighted by Crippen LogP contribution is 2.37.